The lowest BCUT2D eigenvalue weighted by molar-refractivity contribution is -0.113. The lowest BCUT2D eigenvalue weighted by atomic mass is 9.94. The molecule has 2 aromatic carbocycles. The van der Waals surface area contributed by atoms with Crippen molar-refractivity contribution in [2.45, 2.75) is 13.0 Å². The number of urea groups is 1. The molecule has 0 fully saturated rings. The van der Waals surface area contributed by atoms with Crippen molar-refractivity contribution in [3.05, 3.63) is 70.9 Å². The summed E-state index contributed by atoms with van der Waals surface area (Å²) in [4.78, 5) is 26.6. The van der Waals surface area contributed by atoms with Crippen LogP contribution < -0.4 is 15.4 Å². The Kier molecular flexibility index (Phi) is 5.30. The first-order valence-corrected chi connectivity index (χ1v) is 8.47. The molecule has 2 N–H and O–H groups in total. The van der Waals surface area contributed by atoms with Crippen LogP contribution in [-0.4, -0.2) is 31.0 Å². The molecule has 0 spiro atoms. The maximum atomic E-state index is 13.7. The summed E-state index contributed by atoms with van der Waals surface area (Å²) < 4.78 is 32.3. The highest BCUT2D eigenvalue weighted by Gasteiger charge is 2.34. The van der Waals surface area contributed by atoms with Crippen molar-refractivity contribution < 1.29 is 23.1 Å². The number of ether oxygens (including phenoxy) is 1. The zero-order valence-electron chi connectivity index (χ0n) is 15.5. The SMILES string of the molecule is COc1ccccc1NC(=O)C1=C(C)N(C)C(=O)N[C@H]1c1ccc(F)c(F)c1. The monoisotopic (exact) mass is 387 g/mol. The van der Waals surface area contributed by atoms with Crippen LogP contribution in [0.3, 0.4) is 0 Å². The van der Waals surface area contributed by atoms with Crippen LogP contribution in [-0.2, 0) is 4.79 Å². The van der Waals surface area contributed by atoms with Gasteiger partial charge in [0.1, 0.15) is 5.75 Å². The Bertz CT molecular complexity index is 975. The molecule has 6 nitrogen and oxygen atoms in total. The first kappa shape index (κ1) is 19.3. The molecular formula is C20H19F2N3O3. The summed E-state index contributed by atoms with van der Waals surface area (Å²) in [5.74, 6) is -2.10. The van der Waals surface area contributed by atoms with Crippen molar-refractivity contribution in [1.29, 1.82) is 0 Å². The molecule has 1 atom stereocenters. The second-order valence-electron chi connectivity index (χ2n) is 6.27. The third kappa shape index (κ3) is 3.53. The van der Waals surface area contributed by atoms with Crippen molar-refractivity contribution in [3.8, 4) is 5.75 Å². The van der Waals surface area contributed by atoms with E-state index in [0.717, 1.165) is 12.1 Å². The molecule has 28 heavy (non-hydrogen) atoms. The van der Waals surface area contributed by atoms with Gasteiger partial charge in [0.25, 0.3) is 5.91 Å². The van der Waals surface area contributed by atoms with E-state index in [0.29, 0.717) is 17.1 Å². The molecule has 1 aliphatic heterocycles. The van der Waals surface area contributed by atoms with Crippen molar-refractivity contribution in [2.24, 2.45) is 0 Å². The highest BCUT2D eigenvalue weighted by atomic mass is 19.2. The lowest BCUT2D eigenvalue weighted by Crippen LogP contribution is -2.46. The Morgan fingerprint density at radius 2 is 1.89 bits per heavy atom. The third-order valence-electron chi connectivity index (χ3n) is 4.63. The second-order valence-corrected chi connectivity index (χ2v) is 6.27. The Labute approximate surface area is 160 Å². The highest BCUT2D eigenvalue weighted by molar-refractivity contribution is 6.07. The molecule has 8 heteroatoms. The van der Waals surface area contributed by atoms with E-state index in [-0.39, 0.29) is 11.1 Å². The molecule has 0 saturated heterocycles. The van der Waals surface area contributed by atoms with E-state index in [1.165, 1.54) is 25.1 Å². The van der Waals surface area contributed by atoms with Gasteiger partial charge < -0.3 is 20.3 Å². The summed E-state index contributed by atoms with van der Waals surface area (Å²) in [5.41, 5.74) is 1.30. The molecule has 0 bridgehead atoms. The van der Waals surface area contributed by atoms with Crippen LogP contribution in [0.1, 0.15) is 18.5 Å². The Balaban J connectivity index is 2.03. The number of methoxy groups -OCH3 is 1. The number of rotatable bonds is 4. The smallest absolute Gasteiger partial charge is 0.322 e. The molecular weight excluding hydrogens is 368 g/mol. The first-order chi connectivity index (χ1) is 13.3. The summed E-state index contributed by atoms with van der Waals surface area (Å²) in [6.07, 6.45) is 0. The van der Waals surface area contributed by atoms with Gasteiger partial charge in [0.2, 0.25) is 0 Å². The number of halogens is 2. The molecule has 0 aromatic heterocycles. The van der Waals surface area contributed by atoms with Crippen molar-refractivity contribution >= 4 is 17.6 Å². The largest absolute Gasteiger partial charge is 0.495 e. The van der Waals surface area contributed by atoms with E-state index < -0.39 is 29.6 Å². The summed E-state index contributed by atoms with van der Waals surface area (Å²) in [7, 11) is 3.00. The summed E-state index contributed by atoms with van der Waals surface area (Å²) in [6.45, 7) is 1.61. The van der Waals surface area contributed by atoms with E-state index in [4.69, 9.17) is 4.74 Å². The predicted octanol–water partition coefficient (Wildman–Crippen LogP) is 3.58. The Hall–Kier alpha value is -3.42. The van der Waals surface area contributed by atoms with Crippen LogP contribution in [0.25, 0.3) is 0 Å². The third-order valence-corrected chi connectivity index (χ3v) is 4.63. The minimum Gasteiger partial charge on any atom is -0.495 e. The molecule has 0 unspecified atom stereocenters. The molecule has 3 rings (SSSR count). The van der Waals surface area contributed by atoms with E-state index in [9.17, 15) is 18.4 Å². The van der Waals surface area contributed by atoms with Crippen LogP contribution in [0.15, 0.2) is 53.7 Å². The fourth-order valence-corrected chi connectivity index (χ4v) is 3.01. The number of carbonyl (C=O) groups is 2. The van der Waals surface area contributed by atoms with E-state index >= 15 is 0 Å². The quantitative estimate of drug-likeness (QED) is 0.842. The number of para-hydroxylation sites is 2. The van der Waals surface area contributed by atoms with Crippen LogP contribution in [0.2, 0.25) is 0 Å². The number of carbonyl (C=O) groups excluding carboxylic acids is 2. The van der Waals surface area contributed by atoms with Crippen molar-refractivity contribution in [1.82, 2.24) is 10.2 Å². The zero-order valence-corrected chi connectivity index (χ0v) is 15.5. The predicted molar refractivity (Wildman–Crippen MR) is 99.7 cm³/mol. The molecule has 1 heterocycles. The van der Waals surface area contributed by atoms with Crippen molar-refractivity contribution in [3.63, 3.8) is 0 Å². The Morgan fingerprint density at radius 1 is 1.18 bits per heavy atom. The number of allylic oxidation sites excluding steroid dienone is 1. The fourth-order valence-electron chi connectivity index (χ4n) is 3.01. The molecule has 3 amide bonds. The van der Waals surface area contributed by atoms with E-state index in [1.54, 1.807) is 31.2 Å². The normalized spacial score (nSPS) is 16.7. The summed E-state index contributed by atoms with van der Waals surface area (Å²) in [5, 5.41) is 5.41. The summed E-state index contributed by atoms with van der Waals surface area (Å²) >= 11 is 0. The second kappa shape index (κ2) is 7.67. The van der Waals surface area contributed by atoms with Crippen LogP contribution >= 0.6 is 0 Å². The topological polar surface area (TPSA) is 70.7 Å². The molecule has 146 valence electrons. The molecule has 0 saturated carbocycles. The van der Waals surface area contributed by atoms with Gasteiger partial charge in [-0.05, 0) is 36.8 Å². The van der Waals surface area contributed by atoms with Gasteiger partial charge in [-0.2, -0.15) is 0 Å². The van der Waals surface area contributed by atoms with Gasteiger partial charge in [0.15, 0.2) is 11.6 Å². The van der Waals surface area contributed by atoms with Gasteiger partial charge >= 0.3 is 6.03 Å². The fraction of sp³-hybridized carbons (Fsp3) is 0.200. The number of nitrogens with one attached hydrogen (secondary N) is 2. The molecule has 0 radical (unpaired) electrons. The van der Waals surface area contributed by atoms with Gasteiger partial charge in [0, 0.05) is 12.7 Å². The first-order valence-electron chi connectivity index (χ1n) is 8.47. The van der Waals surface area contributed by atoms with E-state index in [2.05, 4.69) is 10.6 Å². The van der Waals surface area contributed by atoms with Gasteiger partial charge in [-0.3, -0.25) is 4.79 Å². The number of benzene rings is 2. The molecule has 2 aromatic rings. The van der Waals surface area contributed by atoms with Gasteiger partial charge in [-0.15, -0.1) is 0 Å². The molecule has 0 aliphatic carbocycles. The van der Waals surface area contributed by atoms with E-state index in [1.807, 2.05) is 0 Å². The number of anilines is 1. The highest BCUT2D eigenvalue weighted by Crippen LogP contribution is 2.32. The minimum absolute atomic E-state index is 0.207. The summed E-state index contributed by atoms with van der Waals surface area (Å²) in [6, 6.07) is 8.73. The zero-order chi connectivity index (χ0) is 20.4. The average molecular weight is 387 g/mol. The maximum Gasteiger partial charge on any atom is 0.322 e. The molecule has 1 aliphatic rings. The average Bonchev–Trinajstić information content (AvgIpc) is 2.68. The minimum atomic E-state index is -1.06. The van der Waals surface area contributed by atoms with Gasteiger partial charge in [-0.1, -0.05) is 18.2 Å². The maximum absolute atomic E-state index is 13.7. The number of amides is 3. The van der Waals surface area contributed by atoms with Crippen LogP contribution in [0.4, 0.5) is 19.3 Å². The standard InChI is InChI=1S/C20H19F2N3O3/c1-11-17(19(26)23-15-6-4-5-7-16(15)28-3)18(24-20(27)25(11)2)12-8-9-13(21)14(22)10-12/h4-10,18H,1-3H3,(H,23,26)(H,24,27)/t18-/m0/s1. The van der Waals surface area contributed by atoms with Gasteiger partial charge in [0.05, 0.1) is 24.4 Å². The van der Waals surface area contributed by atoms with Crippen LogP contribution in [0, 0.1) is 11.6 Å². The number of hydrogen-bond acceptors (Lipinski definition) is 3. The van der Waals surface area contributed by atoms with Gasteiger partial charge in [-0.25, -0.2) is 13.6 Å². The van der Waals surface area contributed by atoms with Crippen LogP contribution in [0.5, 0.6) is 5.75 Å². The Morgan fingerprint density at radius 3 is 2.57 bits per heavy atom. The lowest BCUT2D eigenvalue weighted by Gasteiger charge is -2.33. The number of hydrogen-bond donors (Lipinski definition) is 2. The number of nitrogens with zero attached hydrogens (tertiary/aromatic N) is 1. The van der Waals surface area contributed by atoms with Crippen molar-refractivity contribution in [2.75, 3.05) is 19.5 Å².